The Morgan fingerprint density at radius 2 is 1.96 bits per heavy atom. The maximum atomic E-state index is 12.6. The normalized spacial score (nSPS) is 22.3. The molecule has 0 spiro atoms. The molecule has 0 aromatic heterocycles. The summed E-state index contributed by atoms with van der Waals surface area (Å²) in [4.78, 5) is 14.4. The van der Waals surface area contributed by atoms with E-state index in [1.807, 2.05) is 12.1 Å². The van der Waals surface area contributed by atoms with Crippen molar-refractivity contribution in [2.75, 3.05) is 39.0 Å². The van der Waals surface area contributed by atoms with Crippen LogP contribution in [0.15, 0.2) is 18.2 Å². The van der Waals surface area contributed by atoms with E-state index in [4.69, 9.17) is 16.3 Å². The molecule has 23 heavy (non-hydrogen) atoms. The van der Waals surface area contributed by atoms with Crippen molar-refractivity contribution in [2.24, 2.45) is 5.92 Å². The third kappa shape index (κ3) is 3.62. The Labute approximate surface area is 141 Å². The minimum absolute atomic E-state index is 0.0174. The SMILES string of the molecule is CS(=O)(=O)N1CCN(C(=O)[C@H]2COc3ccc(Cl)cc3C2)CC1. The van der Waals surface area contributed by atoms with Gasteiger partial charge in [-0.15, -0.1) is 0 Å². The number of hydrogen-bond acceptors (Lipinski definition) is 4. The molecular weight excluding hydrogens is 340 g/mol. The fourth-order valence-electron chi connectivity index (χ4n) is 3.02. The van der Waals surface area contributed by atoms with Gasteiger partial charge in [-0.25, -0.2) is 8.42 Å². The molecule has 1 atom stereocenters. The zero-order valence-corrected chi connectivity index (χ0v) is 14.4. The van der Waals surface area contributed by atoms with Gasteiger partial charge in [0.25, 0.3) is 0 Å². The summed E-state index contributed by atoms with van der Waals surface area (Å²) in [5, 5.41) is 0.627. The quantitative estimate of drug-likeness (QED) is 0.791. The summed E-state index contributed by atoms with van der Waals surface area (Å²) in [6, 6.07) is 5.42. The molecule has 2 heterocycles. The first-order valence-corrected chi connectivity index (χ1v) is 9.72. The van der Waals surface area contributed by atoms with E-state index in [1.165, 1.54) is 10.6 Å². The van der Waals surface area contributed by atoms with E-state index in [1.54, 1.807) is 11.0 Å². The number of hydrogen-bond donors (Lipinski definition) is 0. The number of sulfonamides is 1. The van der Waals surface area contributed by atoms with E-state index >= 15 is 0 Å². The third-order valence-electron chi connectivity index (χ3n) is 4.30. The van der Waals surface area contributed by atoms with Gasteiger partial charge < -0.3 is 9.64 Å². The van der Waals surface area contributed by atoms with Crippen molar-refractivity contribution in [3.05, 3.63) is 28.8 Å². The number of piperazine rings is 1. The average molecular weight is 359 g/mol. The second-order valence-corrected chi connectivity index (χ2v) is 8.37. The lowest BCUT2D eigenvalue weighted by Gasteiger charge is -2.36. The van der Waals surface area contributed by atoms with Crippen LogP contribution < -0.4 is 4.74 Å². The number of carbonyl (C=O) groups excluding carboxylic acids is 1. The third-order valence-corrected chi connectivity index (χ3v) is 5.84. The standard InChI is InChI=1S/C15H19ClN2O4S/c1-23(20,21)18-6-4-17(5-7-18)15(19)12-8-11-9-13(16)2-3-14(11)22-10-12/h2-3,9,12H,4-8,10H2,1H3/t12-/m1/s1. The van der Waals surface area contributed by atoms with Crippen molar-refractivity contribution in [3.8, 4) is 5.75 Å². The highest BCUT2D eigenvalue weighted by Crippen LogP contribution is 2.30. The van der Waals surface area contributed by atoms with E-state index < -0.39 is 10.0 Å². The van der Waals surface area contributed by atoms with Crippen molar-refractivity contribution in [3.63, 3.8) is 0 Å². The van der Waals surface area contributed by atoms with Crippen LogP contribution in [0.4, 0.5) is 0 Å². The van der Waals surface area contributed by atoms with Crippen LogP contribution in [0.25, 0.3) is 0 Å². The van der Waals surface area contributed by atoms with Gasteiger partial charge in [0.2, 0.25) is 15.9 Å². The maximum Gasteiger partial charge on any atom is 0.229 e. The molecule has 1 fully saturated rings. The van der Waals surface area contributed by atoms with E-state index in [0.29, 0.717) is 44.2 Å². The summed E-state index contributed by atoms with van der Waals surface area (Å²) >= 11 is 6.00. The summed E-state index contributed by atoms with van der Waals surface area (Å²) in [6.45, 7) is 1.89. The molecule has 3 rings (SSSR count). The molecule has 1 aromatic carbocycles. The van der Waals surface area contributed by atoms with Gasteiger partial charge in [-0.3, -0.25) is 4.79 Å². The molecule has 0 unspecified atom stereocenters. The topological polar surface area (TPSA) is 66.9 Å². The molecule has 0 N–H and O–H groups in total. The number of amides is 1. The van der Waals surface area contributed by atoms with E-state index in [2.05, 4.69) is 0 Å². The zero-order chi connectivity index (χ0) is 16.6. The first kappa shape index (κ1) is 16.5. The minimum atomic E-state index is -3.19. The lowest BCUT2D eigenvalue weighted by atomic mass is 9.95. The average Bonchev–Trinajstić information content (AvgIpc) is 2.52. The minimum Gasteiger partial charge on any atom is -0.492 e. The molecule has 2 aliphatic heterocycles. The summed E-state index contributed by atoms with van der Waals surface area (Å²) in [6.07, 6.45) is 1.79. The van der Waals surface area contributed by atoms with Gasteiger partial charge in [0.1, 0.15) is 12.4 Å². The molecule has 126 valence electrons. The number of carbonyl (C=O) groups is 1. The van der Waals surface area contributed by atoms with Crippen LogP contribution in [0.1, 0.15) is 5.56 Å². The van der Waals surface area contributed by atoms with Crippen LogP contribution in [0.2, 0.25) is 5.02 Å². The second-order valence-electron chi connectivity index (χ2n) is 5.95. The Balaban J connectivity index is 1.64. The molecule has 1 aromatic rings. The van der Waals surface area contributed by atoms with Crippen molar-refractivity contribution < 1.29 is 17.9 Å². The molecule has 6 nitrogen and oxygen atoms in total. The van der Waals surface area contributed by atoms with Crippen LogP contribution in [0.3, 0.4) is 0 Å². The monoisotopic (exact) mass is 358 g/mol. The maximum absolute atomic E-state index is 12.6. The van der Waals surface area contributed by atoms with E-state index in [9.17, 15) is 13.2 Å². The van der Waals surface area contributed by atoms with Crippen molar-refractivity contribution in [2.45, 2.75) is 6.42 Å². The molecule has 0 aliphatic carbocycles. The van der Waals surface area contributed by atoms with E-state index in [0.717, 1.165) is 11.3 Å². The predicted molar refractivity (Wildman–Crippen MR) is 87.1 cm³/mol. The Morgan fingerprint density at radius 1 is 1.26 bits per heavy atom. The fraction of sp³-hybridized carbons (Fsp3) is 0.533. The van der Waals surface area contributed by atoms with Crippen LogP contribution in [0, 0.1) is 5.92 Å². The molecule has 0 radical (unpaired) electrons. The van der Waals surface area contributed by atoms with Gasteiger partial charge in [-0.1, -0.05) is 11.6 Å². The largest absolute Gasteiger partial charge is 0.492 e. The lowest BCUT2D eigenvalue weighted by molar-refractivity contribution is -0.138. The van der Waals surface area contributed by atoms with Crippen molar-refractivity contribution >= 4 is 27.5 Å². The Hall–Kier alpha value is -1.31. The van der Waals surface area contributed by atoms with E-state index in [-0.39, 0.29) is 11.8 Å². The summed E-state index contributed by atoms with van der Waals surface area (Å²) in [5.41, 5.74) is 0.942. The van der Waals surface area contributed by atoms with Crippen LogP contribution in [0.5, 0.6) is 5.75 Å². The summed E-state index contributed by atoms with van der Waals surface area (Å²) in [5.74, 6) is 0.551. The number of fused-ring (bicyclic) bond motifs is 1. The van der Waals surface area contributed by atoms with Crippen molar-refractivity contribution in [1.82, 2.24) is 9.21 Å². The highest BCUT2D eigenvalue weighted by atomic mass is 35.5. The highest BCUT2D eigenvalue weighted by molar-refractivity contribution is 7.88. The first-order chi connectivity index (χ1) is 10.8. The Bertz CT molecular complexity index is 714. The van der Waals surface area contributed by atoms with Gasteiger partial charge in [0.05, 0.1) is 12.2 Å². The molecule has 0 bridgehead atoms. The molecular formula is C15H19ClN2O4S. The molecule has 2 aliphatic rings. The summed E-state index contributed by atoms with van der Waals surface area (Å²) < 4.78 is 30.1. The Kier molecular flexibility index (Phi) is 4.53. The van der Waals surface area contributed by atoms with Crippen molar-refractivity contribution in [1.29, 1.82) is 0 Å². The summed E-state index contributed by atoms with van der Waals surface area (Å²) in [7, 11) is -3.19. The van der Waals surface area contributed by atoms with Gasteiger partial charge in [0.15, 0.2) is 0 Å². The van der Waals surface area contributed by atoms with Gasteiger partial charge in [-0.2, -0.15) is 4.31 Å². The van der Waals surface area contributed by atoms with Crippen LogP contribution >= 0.6 is 11.6 Å². The number of halogens is 1. The molecule has 1 amide bonds. The van der Waals surface area contributed by atoms with Gasteiger partial charge in [-0.05, 0) is 30.2 Å². The predicted octanol–water partition coefficient (Wildman–Crippen LogP) is 0.995. The number of benzene rings is 1. The number of ether oxygens (including phenoxy) is 1. The number of nitrogens with zero attached hydrogens (tertiary/aromatic N) is 2. The molecule has 1 saturated heterocycles. The van der Waals surface area contributed by atoms with Crippen LogP contribution in [-0.2, 0) is 21.2 Å². The van der Waals surface area contributed by atoms with Crippen LogP contribution in [-0.4, -0.2) is 62.6 Å². The Morgan fingerprint density at radius 3 is 2.61 bits per heavy atom. The second kappa shape index (κ2) is 6.30. The fourth-order valence-corrected chi connectivity index (χ4v) is 4.04. The molecule has 0 saturated carbocycles. The van der Waals surface area contributed by atoms with Gasteiger partial charge in [0, 0.05) is 31.2 Å². The lowest BCUT2D eigenvalue weighted by Crippen LogP contribution is -2.52. The zero-order valence-electron chi connectivity index (χ0n) is 12.9. The van der Waals surface area contributed by atoms with Gasteiger partial charge >= 0.3 is 0 Å². The molecule has 8 heteroatoms. The first-order valence-electron chi connectivity index (χ1n) is 7.50. The smallest absolute Gasteiger partial charge is 0.229 e. The number of rotatable bonds is 2. The highest BCUT2D eigenvalue weighted by Gasteiger charge is 2.32.